The van der Waals surface area contributed by atoms with Gasteiger partial charge in [0, 0.05) is 5.38 Å². The summed E-state index contributed by atoms with van der Waals surface area (Å²) >= 11 is 1.41. The van der Waals surface area contributed by atoms with Crippen molar-refractivity contribution in [2.75, 3.05) is 0 Å². The molecule has 0 aromatic carbocycles. The molecular formula is C11H10N2O3S. The Morgan fingerprint density at radius 1 is 1.24 bits per heavy atom. The number of furan rings is 1. The highest BCUT2D eigenvalue weighted by atomic mass is 32.1. The lowest BCUT2D eigenvalue weighted by atomic mass is 10.2. The number of hydrogen-bond acceptors (Lipinski definition) is 4. The summed E-state index contributed by atoms with van der Waals surface area (Å²) in [5.41, 5.74) is 5.56. The van der Waals surface area contributed by atoms with Gasteiger partial charge in [-0.2, -0.15) is 11.3 Å². The van der Waals surface area contributed by atoms with Gasteiger partial charge in [-0.15, -0.1) is 0 Å². The third-order valence-corrected chi connectivity index (χ3v) is 2.86. The largest absolute Gasteiger partial charge is 0.469 e. The average Bonchev–Trinajstić information content (AvgIpc) is 2.95. The standard InChI is InChI=1S/C11H10N2O3S/c1-7-9(2-4-16-7)11(15)13-12-10(14)8-3-5-17-6-8/h2-6H,1H3,(H,12,14)(H,13,15). The molecule has 0 atom stereocenters. The smallest absolute Gasteiger partial charge is 0.273 e. The zero-order valence-corrected chi connectivity index (χ0v) is 9.84. The molecule has 0 saturated carbocycles. The van der Waals surface area contributed by atoms with Gasteiger partial charge in [-0.3, -0.25) is 20.4 Å². The lowest BCUT2D eigenvalue weighted by molar-refractivity contribution is 0.0846. The van der Waals surface area contributed by atoms with Crippen molar-refractivity contribution in [2.45, 2.75) is 6.92 Å². The Hall–Kier alpha value is -2.08. The van der Waals surface area contributed by atoms with Crippen molar-refractivity contribution in [3.63, 3.8) is 0 Å². The van der Waals surface area contributed by atoms with Crippen LogP contribution < -0.4 is 10.9 Å². The number of nitrogens with one attached hydrogen (secondary N) is 2. The number of thiophene rings is 1. The fourth-order valence-electron chi connectivity index (χ4n) is 1.27. The molecule has 2 N–H and O–H groups in total. The zero-order valence-electron chi connectivity index (χ0n) is 9.02. The van der Waals surface area contributed by atoms with Crippen LogP contribution in [0.25, 0.3) is 0 Å². The molecule has 0 saturated heterocycles. The van der Waals surface area contributed by atoms with Crippen LogP contribution in [0, 0.1) is 6.92 Å². The second-order valence-electron chi connectivity index (χ2n) is 3.31. The van der Waals surface area contributed by atoms with Crippen LogP contribution in [-0.4, -0.2) is 11.8 Å². The molecule has 6 heteroatoms. The summed E-state index contributed by atoms with van der Waals surface area (Å²) in [6, 6.07) is 3.22. The van der Waals surface area contributed by atoms with Gasteiger partial charge in [0.25, 0.3) is 11.8 Å². The summed E-state index contributed by atoms with van der Waals surface area (Å²) in [5, 5.41) is 3.49. The molecule has 0 aliphatic carbocycles. The highest BCUT2D eigenvalue weighted by Gasteiger charge is 2.12. The zero-order chi connectivity index (χ0) is 12.3. The normalized spacial score (nSPS) is 9.94. The molecule has 17 heavy (non-hydrogen) atoms. The summed E-state index contributed by atoms with van der Waals surface area (Å²) < 4.78 is 4.99. The van der Waals surface area contributed by atoms with E-state index in [0.717, 1.165) is 0 Å². The molecule has 0 aliphatic rings. The molecule has 2 aromatic rings. The van der Waals surface area contributed by atoms with Crippen LogP contribution in [-0.2, 0) is 0 Å². The first-order valence-electron chi connectivity index (χ1n) is 4.85. The van der Waals surface area contributed by atoms with E-state index in [0.29, 0.717) is 16.9 Å². The average molecular weight is 250 g/mol. The van der Waals surface area contributed by atoms with Crippen LogP contribution >= 0.6 is 11.3 Å². The number of amides is 2. The summed E-state index contributed by atoms with van der Waals surface area (Å²) in [4.78, 5) is 23.1. The van der Waals surface area contributed by atoms with Crippen molar-refractivity contribution in [3.05, 3.63) is 46.0 Å². The monoisotopic (exact) mass is 250 g/mol. The van der Waals surface area contributed by atoms with E-state index in [1.54, 1.807) is 29.8 Å². The summed E-state index contributed by atoms with van der Waals surface area (Å²) in [5.74, 6) is -0.243. The third-order valence-electron chi connectivity index (χ3n) is 2.18. The molecule has 0 radical (unpaired) electrons. The van der Waals surface area contributed by atoms with Crippen molar-refractivity contribution in [2.24, 2.45) is 0 Å². The van der Waals surface area contributed by atoms with Gasteiger partial charge in [0.05, 0.1) is 17.4 Å². The van der Waals surface area contributed by atoms with Crippen molar-refractivity contribution >= 4 is 23.2 Å². The van der Waals surface area contributed by atoms with Crippen LogP contribution in [0.5, 0.6) is 0 Å². The van der Waals surface area contributed by atoms with E-state index in [1.807, 2.05) is 0 Å². The van der Waals surface area contributed by atoms with Crippen LogP contribution in [0.2, 0.25) is 0 Å². The molecule has 2 aromatic heterocycles. The van der Waals surface area contributed by atoms with Gasteiger partial charge in [-0.1, -0.05) is 0 Å². The van der Waals surface area contributed by atoms with E-state index in [4.69, 9.17) is 4.42 Å². The van der Waals surface area contributed by atoms with E-state index >= 15 is 0 Å². The van der Waals surface area contributed by atoms with Crippen LogP contribution in [0.15, 0.2) is 33.6 Å². The van der Waals surface area contributed by atoms with Crippen molar-refractivity contribution in [1.82, 2.24) is 10.9 Å². The second-order valence-corrected chi connectivity index (χ2v) is 4.09. The minimum atomic E-state index is -0.403. The Kier molecular flexibility index (Phi) is 3.24. The molecule has 2 amide bonds. The van der Waals surface area contributed by atoms with Crippen LogP contribution in [0.1, 0.15) is 26.5 Å². The Morgan fingerprint density at radius 3 is 2.59 bits per heavy atom. The Morgan fingerprint density at radius 2 is 2.00 bits per heavy atom. The molecule has 0 spiro atoms. The van der Waals surface area contributed by atoms with Gasteiger partial charge < -0.3 is 4.42 Å². The summed E-state index contributed by atoms with van der Waals surface area (Å²) in [6.07, 6.45) is 1.42. The lowest BCUT2D eigenvalue weighted by Crippen LogP contribution is -2.41. The van der Waals surface area contributed by atoms with E-state index < -0.39 is 5.91 Å². The molecule has 0 unspecified atom stereocenters. The molecule has 5 nitrogen and oxygen atoms in total. The minimum Gasteiger partial charge on any atom is -0.469 e. The highest BCUT2D eigenvalue weighted by molar-refractivity contribution is 7.08. The van der Waals surface area contributed by atoms with Crippen molar-refractivity contribution in [1.29, 1.82) is 0 Å². The summed E-state index contributed by atoms with van der Waals surface area (Å²) in [6.45, 7) is 1.68. The van der Waals surface area contributed by atoms with E-state index in [9.17, 15) is 9.59 Å². The third kappa shape index (κ3) is 2.54. The predicted molar refractivity (Wildman–Crippen MR) is 62.7 cm³/mol. The Labute approximate surface area is 101 Å². The number of carbonyl (C=O) groups excluding carboxylic acids is 2. The van der Waals surface area contributed by atoms with E-state index in [-0.39, 0.29) is 5.91 Å². The topological polar surface area (TPSA) is 71.3 Å². The molecule has 88 valence electrons. The molecule has 0 bridgehead atoms. The van der Waals surface area contributed by atoms with Crippen LogP contribution in [0.4, 0.5) is 0 Å². The quantitative estimate of drug-likeness (QED) is 0.797. The van der Waals surface area contributed by atoms with Crippen LogP contribution in [0.3, 0.4) is 0 Å². The van der Waals surface area contributed by atoms with E-state index in [1.165, 1.54) is 17.6 Å². The van der Waals surface area contributed by atoms with Gasteiger partial charge in [0.1, 0.15) is 5.76 Å². The van der Waals surface area contributed by atoms with Crippen molar-refractivity contribution < 1.29 is 14.0 Å². The maximum absolute atomic E-state index is 11.6. The molecule has 2 heterocycles. The SMILES string of the molecule is Cc1occc1C(=O)NNC(=O)c1ccsc1. The predicted octanol–water partition coefficient (Wildman–Crippen LogP) is 1.72. The Bertz CT molecular complexity index is 531. The minimum absolute atomic E-state index is 0.347. The van der Waals surface area contributed by atoms with Crippen molar-refractivity contribution in [3.8, 4) is 0 Å². The number of aryl methyl sites for hydroxylation is 1. The number of rotatable bonds is 2. The first kappa shape index (κ1) is 11.4. The molecule has 0 aliphatic heterocycles. The van der Waals surface area contributed by atoms with Gasteiger partial charge in [0.2, 0.25) is 0 Å². The van der Waals surface area contributed by atoms with Gasteiger partial charge in [0.15, 0.2) is 0 Å². The maximum Gasteiger partial charge on any atom is 0.273 e. The van der Waals surface area contributed by atoms with Gasteiger partial charge in [-0.05, 0) is 24.4 Å². The summed E-state index contributed by atoms with van der Waals surface area (Å²) in [7, 11) is 0. The lowest BCUT2D eigenvalue weighted by Gasteiger charge is -2.05. The van der Waals surface area contributed by atoms with E-state index in [2.05, 4.69) is 10.9 Å². The second kappa shape index (κ2) is 4.84. The molecule has 0 fully saturated rings. The number of hydrogen-bond donors (Lipinski definition) is 2. The maximum atomic E-state index is 11.6. The Balaban J connectivity index is 1.93. The van der Waals surface area contributed by atoms with Gasteiger partial charge >= 0.3 is 0 Å². The molecular weight excluding hydrogens is 240 g/mol. The van der Waals surface area contributed by atoms with Gasteiger partial charge in [-0.25, -0.2) is 0 Å². The highest BCUT2D eigenvalue weighted by Crippen LogP contribution is 2.08. The number of carbonyl (C=O) groups is 2. The molecule has 2 rings (SSSR count). The number of hydrazine groups is 1. The fourth-order valence-corrected chi connectivity index (χ4v) is 1.90. The first-order chi connectivity index (χ1) is 8.18. The first-order valence-corrected chi connectivity index (χ1v) is 5.79. The fraction of sp³-hybridized carbons (Fsp3) is 0.0909.